The van der Waals surface area contributed by atoms with Gasteiger partial charge >= 0.3 is 0 Å². The second kappa shape index (κ2) is 5.07. The molecule has 0 unspecified atom stereocenters. The van der Waals surface area contributed by atoms with Gasteiger partial charge in [-0.2, -0.15) is 0 Å². The maximum absolute atomic E-state index is 6.32. The van der Waals surface area contributed by atoms with Gasteiger partial charge in [0.15, 0.2) is 0 Å². The number of halogens is 1. The average Bonchev–Trinajstić information content (AvgIpc) is 2.30. The molecule has 2 heteroatoms. The van der Waals surface area contributed by atoms with Gasteiger partial charge in [-0.3, -0.25) is 0 Å². The number of hydrogen-bond acceptors (Lipinski definition) is 1. The number of anilines is 1. The Morgan fingerprint density at radius 3 is 2.47 bits per heavy atom. The smallest absolute Gasteiger partial charge is 0.0487 e. The van der Waals surface area contributed by atoms with Gasteiger partial charge in [-0.05, 0) is 41.8 Å². The van der Waals surface area contributed by atoms with Crippen LogP contribution in [0.15, 0.2) is 48.5 Å². The Hall–Kier alpha value is -1.73. The molecular formula is C15H14ClN. The zero-order chi connectivity index (χ0) is 12.3. The van der Waals surface area contributed by atoms with Crippen molar-refractivity contribution in [3.8, 4) is 0 Å². The third-order valence-corrected chi connectivity index (χ3v) is 2.91. The van der Waals surface area contributed by atoms with Crippen molar-refractivity contribution in [1.29, 1.82) is 0 Å². The van der Waals surface area contributed by atoms with E-state index in [1.54, 1.807) is 0 Å². The molecule has 0 saturated carbocycles. The summed E-state index contributed by atoms with van der Waals surface area (Å²) in [5, 5.41) is 0.730. The molecule has 0 saturated heterocycles. The quantitative estimate of drug-likeness (QED) is 0.617. The van der Waals surface area contributed by atoms with E-state index in [-0.39, 0.29) is 0 Å². The molecule has 0 bridgehead atoms. The number of benzene rings is 2. The molecule has 86 valence electrons. The standard InChI is InChI=1S/C15H14ClN/c1-11-9-13(17)7-8-14(11)15(16)10-12-5-3-2-4-6-12/h2-10H,17H2,1H3. The molecule has 0 radical (unpaired) electrons. The summed E-state index contributed by atoms with van der Waals surface area (Å²) >= 11 is 6.32. The number of rotatable bonds is 2. The minimum Gasteiger partial charge on any atom is -0.399 e. The zero-order valence-corrected chi connectivity index (χ0v) is 10.4. The first-order valence-corrected chi connectivity index (χ1v) is 5.83. The van der Waals surface area contributed by atoms with Crippen molar-refractivity contribution < 1.29 is 0 Å². The molecule has 0 spiro atoms. The van der Waals surface area contributed by atoms with E-state index in [0.29, 0.717) is 0 Å². The van der Waals surface area contributed by atoms with Gasteiger partial charge in [-0.15, -0.1) is 0 Å². The Balaban J connectivity index is 2.37. The maximum atomic E-state index is 6.32. The lowest BCUT2D eigenvalue weighted by atomic mass is 10.1. The third kappa shape index (κ3) is 2.89. The fourth-order valence-corrected chi connectivity index (χ4v) is 2.07. The van der Waals surface area contributed by atoms with Crippen LogP contribution in [0.5, 0.6) is 0 Å². The predicted molar refractivity (Wildman–Crippen MR) is 75.8 cm³/mol. The van der Waals surface area contributed by atoms with Gasteiger partial charge in [-0.25, -0.2) is 0 Å². The summed E-state index contributed by atoms with van der Waals surface area (Å²) in [6.07, 6.45) is 1.96. The summed E-state index contributed by atoms with van der Waals surface area (Å²) < 4.78 is 0. The molecule has 2 rings (SSSR count). The molecule has 2 N–H and O–H groups in total. The van der Waals surface area contributed by atoms with Gasteiger partial charge in [0.05, 0.1) is 0 Å². The van der Waals surface area contributed by atoms with E-state index in [9.17, 15) is 0 Å². The summed E-state index contributed by atoms with van der Waals surface area (Å²) in [5.41, 5.74) is 9.67. The van der Waals surface area contributed by atoms with Crippen LogP contribution >= 0.6 is 11.6 Å². The van der Waals surface area contributed by atoms with E-state index < -0.39 is 0 Å². The highest BCUT2D eigenvalue weighted by molar-refractivity contribution is 6.51. The molecule has 0 atom stereocenters. The van der Waals surface area contributed by atoms with Gasteiger partial charge < -0.3 is 5.73 Å². The summed E-state index contributed by atoms with van der Waals surface area (Å²) in [5.74, 6) is 0. The molecule has 1 nitrogen and oxygen atoms in total. The highest BCUT2D eigenvalue weighted by atomic mass is 35.5. The Morgan fingerprint density at radius 2 is 1.82 bits per heavy atom. The van der Waals surface area contributed by atoms with Crippen LogP contribution in [0.3, 0.4) is 0 Å². The van der Waals surface area contributed by atoms with E-state index in [4.69, 9.17) is 17.3 Å². The average molecular weight is 244 g/mol. The van der Waals surface area contributed by atoms with Crippen LogP contribution in [0, 0.1) is 6.92 Å². The Bertz CT molecular complexity index is 544. The molecule has 0 fully saturated rings. The van der Waals surface area contributed by atoms with Crippen molar-refractivity contribution in [2.24, 2.45) is 0 Å². The summed E-state index contributed by atoms with van der Waals surface area (Å²) in [6, 6.07) is 15.8. The van der Waals surface area contributed by atoms with Crippen LogP contribution in [-0.4, -0.2) is 0 Å². The number of hydrogen-bond donors (Lipinski definition) is 1. The first-order chi connectivity index (χ1) is 8.16. The second-order valence-electron chi connectivity index (χ2n) is 3.98. The highest BCUT2D eigenvalue weighted by Crippen LogP contribution is 2.26. The van der Waals surface area contributed by atoms with Gasteiger partial charge in [0, 0.05) is 10.7 Å². The Morgan fingerprint density at radius 1 is 1.12 bits per heavy atom. The lowest BCUT2D eigenvalue weighted by Crippen LogP contribution is -1.89. The number of aryl methyl sites for hydroxylation is 1. The molecular weight excluding hydrogens is 230 g/mol. The molecule has 2 aromatic carbocycles. The Labute approximate surface area is 107 Å². The van der Waals surface area contributed by atoms with Crippen LogP contribution in [0.25, 0.3) is 11.1 Å². The molecule has 0 aliphatic carbocycles. The van der Waals surface area contributed by atoms with Crippen molar-refractivity contribution in [3.05, 3.63) is 65.2 Å². The SMILES string of the molecule is Cc1cc(N)ccc1C(Cl)=Cc1ccccc1. The molecule has 0 amide bonds. The normalized spacial score (nSPS) is 11.5. The monoisotopic (exact) mass is 243 g/mol. The van der Waals surface area contributed by atoms with E-state index >= 15 is 0 Å². The summed E-state index contributed by atoms with van der Waals surface area (Å²) in [6.45, 7) is 2.01. The van der Waals surface area contributed by atoms with E-state index in [1.165, 1.54) is 0 Å². The van der Waals surface area contributed by atoms with Crippen LogP contribution in [0.1, 0.15) is 16.7 Å². The largest absolute Gasteiger partial charge is 0.399 e. The first kappa shape index (κ1) is 11.7. The fourth-order valence-electron chi connectivity index (χ4n) is 1.73. The first-order valence-electron chi connectivity index (χ1n) is 5.45. The fraction of sp³-hybridized carbons (Fsp3) is 0.0667. The number of nitrogens with two attached hydrogens (primary N) is 1. The van der Waals surface area contributed by atoms with Crippen molar-refractivity contribution >= 4 is 28.4 Å². The van der Waals surface area contributed by atoms with Crippen molar-refractivity contribution in [2.75, 3.05) is 5.73 Å². The molecule has 2 aromatic rings. The van der Waals surface area contributed by atoms with E-state index in [1.807, 2.05) is 61.5 Å². The van der Waals surface area contributed by atoms with E-state index in [0.717, 1.165) is 27.4 Å². The van der Waals surface area contributed by atoms with Crippen LogP contribution in [-0.2, 0) is 0 Å². The summed E-state index contributed by atoms with van der Waals surface area (Å²) in [7, 11) is 0. The zero-order valence-electron chi connectivity index (χ0n) is 9.65. The number of nitrogen functional groups attached to an aromatic ring is 1. The summed E-state index contributed by atoms with van der Waals surface area (Å²) in [4.78, 5) is 0. The van der Waals surface area contributed by atoms with E-state index in [2.05, 4.69) is 0 Å². The van der Waals surface area contributed by atoms with Gasteiger partial charge in [0.25, 0.3) is 0 Å². The van der Waals surface area contributed by atoms with Crippen LogP contribution in [0.2, 0.25) is 0 Å². The van der Waals surface area contributed by atoms with Crippen LogP contribution < -0.4 is 5.73 Å². The second-order valence-corrected chi connectivity index (χ2v) is 4.38. The molecule has 0 aromatic heterocycles. The molecule has 0 aliphatic heterocycles. The minimum atomic E-state index is 0.730. The molecule has 0 aliphatic rings. The lowest BCUT2D eigenvalue weighted by Gasteiger charge is -2.05. The van der Waals surface area contributed by atoms with Crippen LogP contribution in [0.4, 0.5) is 5.69 Å². The molecule has 0 heterocycles. The van der Waals surface area contributed by atoms with Crippen molar-refractivity contribution in [2.45, 2.75) is 6.92 Å². The predicted octanol–water partition coefficient (Wildman–Crippen LogP) is 4.31. The topological polar surface area (TPSA) is 26.0 Å². The molecule has 17 heavy (non-hydrogen) atoms. The van der Waals surface area contributed by atoms with Crippen molar-refractivity contribution in [1.82, 2.24) is 0 Å². The van der Waals surface area contributed by atoms with Gasteiger partial charge in [-0.1, -0.05) is 48.0 Å². The lowest BCUT2D eigenvalue weighted by molar-refractivity contribution is 1.44. The van der Waals surface area contributed by atoms with Gasteiger partial charge in [0.1, 0.15) is 0 Å². The third-order valence-electron chi connectivity index (χ3n) is 2.60. The highest BCUT2D eigenvalue weighted by Gasteiger charge is 2.02. The maximum Gasteiger partial charge on any atom is 0.0487 e. The Kier molecular flexibility index (Phi) is 3.50. The van der Waals surface area contributed by atoms with Crippen molar-refractivity contribution in [3.63, 3.8) is 0 Å². The minimum absolute atomic E-state index is 0.730. The van der Waals surface area contributed by atoms with Gasteiger partial charge in [0.2, 0.25) is 0 Å².